The van der Waals surface area contributed by atoms with E-state index in [0.717, 1.165) is 11.9 Å². The van der Waals surface area contributed by atoms with Crippen LogP contribution in [0, 0.1) is 0 Å². The highest BCUT2D eigenvalue weighted by Crippen LogP contribution is 2.40. The van der Waals surface area contributed by atoms with Gasteiger partial charge < -0.3 is 13.9 Å². The van der Waals surface area contributed by atoms with Crippen LogP contribution in [0.15, 0.2) is 72.8 Å². The van der Waals surface area contributed by atoms with Crippen LogP contribution < -0.4 is 5.46 Å². The average molecular weight is 383 g/mol. The summed E-state index contributed by atoms with van der Waals surface area (Å²) in [6.07, 6.45) is 0.909. The lowest BCUT2D eigenvalue weighted by Gasteiger charge is -2.35. The Morgan fingerprint density at radius 2 is 1.48 bits per heavy atom. The third-order valence-corrected chi connectivity index (χ3v) is 6.70. The molecule has 1 atom stereocenters. The molecule has 1 fully saturated rings. The topological polar surface area (TPSA) is 23.4 Å². The maximum absolute atomic E-state index is 6.42. The second kappa shape index (κ2) is 6.48. The average Bonchev–Trinajstić information content (AvgIpc) is 3.19. The van der Waals surface area contributed by atoms with Crippen molar-refractivity contribution >= 4 is 34.4 Å². The van der Waals surface area contributed by atoms with Crippen LogP contribution >= 0.6 is 0 Å². The molecule has 3 nitrogen and oxygen atoms in total. The van der Waals surface area contributed by atoms with E-state index in [1.807, 2.05) is 0 Å². The Morgan fingerprint density at radius 1 is 0.793 bits per heavy atom. The lowest BCUT2D eigenvalue weighted by molar-refractivity contribution is -0.0118. The van der Waals surface area contributed by atoms with Crippen molar-refractivity contribution in [2.24, 2.45) is 0 Å². The maximum Gasteiger partial charge on any atom is 0.494 e. The molecule has 0 spiro atoms. The Balaban J connectivity index is 1.69. The van der Waals surface area contributed by atoms with Crippen LogP contribution in [0.5, 0.6) is 0 Å². The van der Waals surface area contributed by atoms with Crippen molar-refractivity contribution in [3.8, 4) is 5.69 Å². The first-order valence-electron chi connectivity index (χ1n) is 10.4. The van der Waals surface area contributed by atoms with Gasteiger partial charge in [0.15, 0.2) is 0 Å². The minimum absolute atomic E-state index is 0.301. The standard InChI is InChI=1S/C25H26BNO2/c1-5-25(4)24(2,3)28-26(29-25)18-15-16-23-21(17-18)20-13-9-10-14-22(20)27(23)19-11-7-6-8-12-19/h6-17H,5H2,1-4H3. The number of rotatable bonds is 3. The van der Waals surface area contributed by atoms with E-state index < -0.39 is 0 Å². The summed E-state index contributed by atoms with van der Waals surface area (Å²) in [7, 11) is -0.349. The molecule has 1 saturated heterocycles. The Hall–Kier alpha value is -2.56. The third kappa shape index (κ3) is 2.74. The first-order valence-corrected chi connectivity index (χ1v) is 10.4. The first kappa shape index (κ1) is 18.5. The third-order valence-electron chi connectivity index (χ3n) is 6.70. The van der Waals surface area contributed by atoms with Gasteiger partial charge in [0, 0.05) is 16.5 Å². The number of aromatic nitrogens is 1. The van der Waals surface area contributed by atoms with Crippen LogP contribution in [0.2, 0.25) is 0 Å². The van der Waals surface area contributed by atoms with E-state index >= 15 is 0 Å². The van der Waals surface area contributed by atoms with E-state index in [0.29, 0.717) is 0 Å². The van der Waals surface area contributed by atoms with Crippen molar-refractivity contribution in [2.75, 3.05) is 0 Å². The van der Waals surface area contributed by atoms with E-state index in [1.165, 1.54) is 27.5 Å². The van der Waals surface area contributed by atoms with Crippen LogP contribution in [0.4, 0.5) is 0 Å². The number of fused-ring (bicyclic) bond motifs is 3. The molecule has 1 aliphatic heterocycles. The lowest BCUT2D eigenvalue weighted by atomic mass is 9.78. The Kier molecular flexibility index (Phi) is 4.13. The molecule has 0 bridgehead atoms. The molecule has 0 N–H and O–H groups in total. The maximum atomic E-state index is 6.42. The largest absolute Gasteiger partial charge is 0.494 e. The zero-order valence-corrected chi connectivity index (χ0v) is 17.5. The molecule has 0 amide bonds. The van der Waals surface area contributed by atoms with Gasteiger partial charge in [0.1, 0.15) is 0 Å². The normalized spacial score (nSPS) is 21.3. The molecular formula is C25H26BNO2. The summed E-state index contributed by atoms with van der Waals surface area (Å²) in [5.41, 5.74) is 4.00. The molecule has 146 valence electrons. The highest BCUT2D eigenvalue weighted by atomic mass is 16.7. The molecule has 1 aromatic heterocycles. The Morgan fingerprint density at radius 3 is 2.21 bits per heavy atom. The summed E-state index contributed by atoms with van der Waals surface area (Å²) in [5, 5.41) is 2.46. The molecular weight excluding hydrogens is 357 g/mol. The molecule has 2 heterocycles. The molecule has 0 radical (unpaired) electrons. The molecule has 3 aromatic carbocycles. The number of para-hydroxylation sites is 2. The van der Waals surface area contributed by atoms with Crippen LogP contribution in [0.3, 0.4) is 0 Å². The van der Waals surface area contributed by atoms with Crippen molar-refractivity contribution in [3.63, 3.8) is 0 Å². The zero-order chi connectivity index (χ0) is 20.2. The fourth-order valence-electron chi connectivity index (χ4n) is 4.43. The molecule has 1 aliphatic rings. The van der Waals surface area contributed by atoms with Gasteiger partial charge in [-0.2, -0.15) is 0 Å². The van der Waals surface area contributed by atoms with Gasteiger partial charge in [-0.1, -0.05) is 55.5 Å². The van der Waals surface area contributed by atoms with Crippen LogP contribution in [-0.4, -0.2) is 22.9 Å². The number of nitrogens with zero attached hydrogens (tertiary/aromatic N) is 1. The van der Waals surface area contributed by atoms with Gasteiger partial charge in [-0.15, -0.1) is 0 Å². The minimum Gasteiger partial charge on any atom is -0.399 e. The van der Waals surface area contributed by atoms with Crippen molar-refractivity contribution in [3.05, 3.63) is 72.8 Å². The van der Waals surface area contributed by atoms with Gasteiger partial charge in [0.05, 0.1) is 22.2 Å². The van der Waals surface area contributed by atoms with Gasteiger partial charge in [0.25, 0.3) is 0 Å². The summed E-state index contributed by atoms with van der Waals surface area (Å²) in [6, 6.07) is 25.7. The monoisotopic (exact) mass is 383 g/mol. The fourth-order valence-corrected chi connectivity index (χ4v) is 4.43. The van der Waals surface area contributed by atoms with E-state index in [2.05, 4.69) is 105 Å². The van der Waals surface area contributed by atoms with Gasteiger partial charge >= 0.3 is 7.12 Å². The Labute approximate surface area is 172 Å². The summed E-state index contributed by atoms with van der Waals surface area (Å²) in [6.45, 7) is 8.55. The second-order valence-corrected chi connectivity index (χ2v) is 8.63. The first-order chi connectivity index (χ1) is 13.9. The highest BCUT2D eigenvalue weighted by Gasteiger charge is 2.53. The lowest BCUT2D eigenvalue weighted by Crippen LogP contribution is -2.44. The van der Waals surface area contributed by atoms with E-state index in [9.17, 15) is 0 Å². The van der Waals surface area contributed by atoms with Crippen molar-refractivity contribution < 1.29 is 9.31 Å². The fraction of sp³-hybridized carbons (Fsp3) is 0.280. The van der Waals surface area contributed by atoms with Crippen molar-refractivity contribution in [1.29, 1.82) is 0 Å². The van der Waals surface area contributed by atoms with E-state index in [-0.39, 0.29) is 18.3 Å². The van der Waals surface area contributed by atoms with Crippen molar-refractivity contribution in [1.82, 2.24) is 4.57 Å². The smallest absolute Gasteiger partial charge is 0.399 e. The molecule has 4 aromatic rings. The molecule has 0 aliphatic carbocycles. The quantitative estimate of drug-likeness (QED) is 0.438. The molecule has 4 heteroatoms. The van der Waals surface area contributed by atoms with Crippen LogP contribution in [-0.2, 0) is 9.31 Å². The highest BCUT2D eigenvalue weighted by molar-refractivity contribution is 6.62. The summed E-state index contributed by atoms with van der Waals surface area (Å²) >= 11 is 0. The predicted molar refractivity (Wildman–Crippen MR) is 121 cm³/mol. The predicted octanol–water partition coefficient (Wildman–Crippen LogP) is 5.47. The molecule has 0 saturated carbocycles. The van der Waals surface area contributed by atoms with Gasteiger partial charge in [-0.3, -0.25) is 0 Å². The SMILES string of the molecule is CCC1(C)OB(c2ccc3c(c2)c2ccccc2n3-c2ccccc2)OC1(C)C. The summed E-state index contributed by atoms with van der Waals surface area (Å²) in [4.78, 5) is 0. The number of hydrogen-bond acceptors (Lipinski definition) is 2. The molecule has 1 unspecified atom stereocenters. The number of hydrogen-bond donors (Lipinski definition) is 0. The van der Waals surface area contributed by atoms with Crippen LogP contribution in [0.25, 0.3) is 27.5 Å². The van der Waals surface area contributed by atoms with Crippen molar-refractivity contribution in [2.45, 2.75) is 45.3 Å². The molecule has 29 heavy (non-hydrogen) atoms. The Bertz CT molecular complexity index is 1200. The zero-order valence-electron chi connectivity index (χ0n) is 17.5. The van der Waals surface area contributed by atoms with Gasteiger partial charge in [-0.25, -0.2) is 0 Å². The second-order valence-electron chi connectivity index (χ2n) is 8.63. The number of benzene rings is 3. The molecule has 5 rings (SSSR count). The van der Waals surface area contributed by atoms with Gasteiger partial charge in [-0.05, 0) is 56.9 Å². The van der Waals surface area contributed by atoms with Crippen LogP contribution in [0.1, 0.15) is 34.1 Å². The summed E-state index contributed by atoms with van der Waals surface area (Å²) in [5.74, 6) is 0. The minimum atomic E-state index is -0.349. The van der Waals surface area contributed by atoms with Gasteiger partial charge in [0.2, 0.25) is 0 Å². The van der Waals surface area contributed by atoms with E-state index in [1.54, 1.807) is 0 Å². The summed E-state index contributed by atoms with van der Waals surface area (Å²) < 4.78 is 15.1. The van der Waals surface area contributed by atoms with E-state index in [4.69, 9.17) is 9.31 Å².